The monoisotopic (exact) mass is 571 g/mol. The van der Waals surface area contributed by atoms with Gasteiger partial charge in [-0.2, -0.15) is 5.26 Å². The van der Waals surface area contributed by atoms with Crippen LogP contribution in [0.5, 0.6) is 0 Å². The predicted octanol–water partition coefficient (Wildman–Crippen LogP) is 4.55. The lowest BCUT2D eigenvalue weighted by molar-refractivity contribution is -0.142. The molecule has 2 aromatic carbocycles. The van der Waals surface area contributed by atoms with Gasteiger partial charge in [0.05, 0.1) is 35.6 Å². The van der Waals surface area contributed by atoms with E-state index in [4.69, 9.17) is 4.74 Å². The van der Waals surface area contributed by atoms with E-state index >= 15 is 0 Å². The molecular formula is C31H33N5O4S. The van der Waals surface area contributed by atoms with Crippen LogP contribution in [0.25, 0.3) is 0 Å². The molecular weight excluding hydrogens is 538 g/mol. The number of aliphatic imine (C=N–C) groups is 1. The standard InChI is InChI=1S/C31H33N5O4S/c1-35(20-24-14-8-7-13-23(24)19-32)30(38)28-25(33-21-36-15-9-4-10-16-36)18-27(41-28)29(37)34-26(31(39)40-2)17-22-11-5-3-6-12-22/h3,5-8,11-14,18,21,26H,4,9-10,15-17,20H2,1-2H3,(H,34,37). The van der Waals surface area contributed by atoms with Crippen molar-refractivity contribution in [3.8, 4) is 6.07 Å². The summed E-state index contributed by atoms with van der Waals surface area (Å²) in [5.74, 6) is -1.37. The fourth-order valence-corrected chi connectivity index (χ4v) is 5.60. The van der Waals surface area contributed by atoms with Crippen molar-refractivity contribution in [3.63, 3.8) is 0 Å². The topological polar surface area (TPSA) is 115 Å². The van der Waals surface area contributed by atoms with Gasteiger partial charge in [-0.1, -0.05) is 48.5 Å². The number of hydrogen-bond donors (Lipinski definition) is 1. The van der Waals surface area contributed by atoms with Crippen LogP contribution in [0.15, 0.2) is 65.7 Å². The van der Waals surface area contributed by atoms with Crippen LogP contribution < -0.4 is 5.32 Å². The number of methoxy groups -OCH3 is 1. The molecule has 1 aromatic heterocycles. The third kappa shape index (κ3) is 7.80. The second-order valence-corrected chi connectivity index (χ2v) is 10.9. The lowest BCUT2D eigenvalue weighted by atomic mass is 10.1. The zero-order valence-electron chi connectivity index (χ0n) is 23.2. The molecule has 4 rings (SSSR count). The Balaban J connectivity index is 1.59. The molecule has 1 atom stereocenters. The molecule has 0 saturated carbocycles. The predicted molar refractivity (Wildman–Crippen MR) is 158 cm³/mol. The maximum atomic E-state index is 13.6. The maximum Gasteiger partial charge on any atom is 0.328 e. The number of nitrogens with one attached hydrogen (secondary N) is 1. The molecule has 0 bridgehead atoms. The number of rotatable bonds is 10. The van der Waals surface area contributed by atoms with Gasteiger partial charge in [0, 0.05) is 33.1 Å². The van der Waals surface area contributed by atoms with Gasteiger partial charge in [-0.25, -0.2) is 9.79 Å². The molecule has 212 valence electrons. The first-order valence-corrected chi connectivity index (χ1v) is 14.3. The smallest absolute Gasteiger partial charge is 0.328 e. The van der Waals surface area contributed by atoms with Gasteiger partial charge in [-0.3, -0.25) is 9.59 Å². The summed E-state index contributed by atoms with van der Waals surface area (Å²) in [5, 5.41) is 12.2. The normalized spacial score (nSPS) is 13.8. The summed E-state index contributed by atoms with van der Waals surface area (Å²) < 4.78 is 4.94. The van der Waals surface area contributed by atoms with E-state index in [0.717, 1.165) is 48.4 Å². The SMILES string of the molecule is COC(=O)C(Cc1ccccc1)NC(=O)c1cc(N=CN2CCCCC2)c(C(=O)N(C)Cc2ccccc2C#N)s1. The van der Waals surface area contributed by atoms with Crippen LogP contribution in [0, 0.1) is 11.3 Å². The van der Waals surface area contributed by atoms with Crippen LogP contribution in [-0.4, -0.2) is 67.2 Å². The van der Waals surface area contributed by atoms with Gasteiger partial charge in [-0.05, 0) is 42.5 Å². The highest BCUT2D eigenvalue weighted by Gasteiger charge is 2.27. The lowest BCUT2D eigenvalue weighted by Crippen LogP contribution is -2.42. The van der Waals surface area contributed by atoms with Crippen LogP contribution in [-0.2, 0) is 22.5 Å². The number of thiophene rings is 1. The number of nitriles is 1. The lowest BCUT2D eigenvalue weighted by Gasteiger charge is -2.23. The minimum absolute atomic E-state index is 0.221. The van der Waals surface area contributed by atoms with E-state index in [1.54, 1.807) is 31.6 Å². The van der Waals surface area contributed by atoms with Crippen molar-refractivity contribution >= 4 is 41.1 Å². The van der Waals surface area contributed by atoms with E-state index in [1.165, 1.54) is 18.4 Å². The molecule has 3 aromatic rings. The summed E-state index contributed by atoms with van der Waals surface area (Å²) in [6.45, 7) is 1.99. The summed E-state index contributed by atoms with van der Waals surface area (Å²) in [7, 11) is 2.93. The van der Waals surface area contributed by atoms with Gasteiger partial charge in [0.15, 0.2) is 0 Å². The molecule has 0 radical (unpaired) electrons. The summed E-state index contributed by atoms with van der Waals surface area (Å²) in [6.07, 6.45) is 5.32. The van der Waals surface area contributed by atoms with E-state index in [-0.39, 0.29) is 23.7 Å². The van der Waals surface area contributed by atoms with Crippen LogP contribution in [0.1, 0.15) is 55.3 Å². The van der Waals surface area contributed by atoms with Gasteiger partial charge in [0.2, 0.25) is 0 Å². The van der Waals surface area contributed by atoms with E-state index in [9.17, 15) is 19.6 Å². The molecule has 1 saturated heterocycles. The molecule has 2 heterocycles. The number of carbonyl (C=O) groups excluding carboxylic acids is 3. The molecule has 0 aliphatic carbocycles. The number of hydrogen-bond acceptors (Lipinski definition) is 7. The summed E-state index contributed by atoms with van der Waals surface area (Å²) >= 11 is 1.03. The van der Waals surface area contributed by atoms with Crippen LogP contribution >= 0.6 is 11.3 Å². The molecule has 1 unspecified atom stereocenters. The summed E-state index contributed by atoms with van der Waals surface area (Å²) in [4.78, 5) is 48.3. The molecule has 1 N–H and O–H groups in total. The van der Waals surface area contributed by atoms with E-state index in [2.05, 4.69) is 21.3 Å². The average Bonchev–Trinajstić information content (AvgIpc) is 3.44. The van der Waals surface area contributed by atoms with Crippen LogP contribution in [0.2, 0.25) is 0 Å². The highest BCUT2D eigenvalue weighted by Crippen LogP contribution is 2.32. The first-order chi connectivity index (χ1) is 19.9. The number of likely N-dealkylation sites (tertiary alicyclic amines) is 1. The highest BCUT2D eigenvalue weighted by atomic mass is 32.1. The third-order valence-electron chi connectivity index (χ3n) is 6.85. The quantitative estimate of drug-likeness (QED) is 0.217. The Bertz CT molecular complexity index is 1440. The van der Waals surface area contributed by atoms with Crippen LogP contribution in [0.3, 0.4) is 0 Å². The average molecular weight is 572 g/mol. The second kappa shape index (κ2) is 14.2. The molecule has 41 heavy (non-hydrogen) atoms. The van der Waals surface area contributed by atoms with Gasteiger partial charge in [-0.15, -0.1) is 11.3 Å². The Morgan fingerprint density at radius 3 is 2.54 bits per heavy atom. The number of ether oxygens (including phenoxy) is 1. The Hall–Kier alpha value is -4.49. The summed E-state index contributed by atoms with van der Waals surface area (Å²) in [5.41, 5.74) is 2.47. The van der Waals surface area contributed by atoms with E-state index in [0.29, 0.717) is 16.1 Å². The fraction of sp³-hybridized carbons (Fsp3) is 0.323. The van der Waals surface area contributed by atoms with Crippen molar-refractivity contribution in [2.24, 2.45) is 4.99 Å². The molecule has 1 fully saturated rings. The number of nitrogens with zero attached hydrogens (tertiary/aromatic N) is 4. The van der Waals surface area contributed by atoms with E-state index in [1.807, 2.05) is 42.5 Å². The van der Waals surface area contributed by atoms with Gasteiger partial charge in [0.1, 0.15) is 10.9 Å². The minimum Gasteiger partial charge on any atom is -0.467 e. The number of esters is 1. The number of piperidine rings is 1. The first kappa shape index (κ1) is 29.5. The van der Waals surface area contributed by atoms with Crippen molar-refractivity contribution in [1.29, 1.82) is 5.26 Å². The van der Waals surface area contributed by atoms with Crippen molar-refractivity contribution in [2.45, 2.75) is 38.3 Å². The summed E-state index contributed by atoms with van der Waals surface area (Å²) in [6, 6.07) is 19.3. The second-order valence-electron chi connectivity index (χ2n) is 9.84. The minimum atomic E-state index is -0.901. The molecule has 1 aliphatic rings. The third-order valence-corrected chi connectivity index (χ3v) is 7.96. The first-order valence-electron chi connectivity index (χ1n) is 13.5. The van der Waals surface area contributed by atoms with Crippen molar-refractivity contribution < 1.29 is 19.1 Å². The molecule has 9 nitrogen and oxygen atoms in total. The number of carbonyl (C=O) groups is 3. The number of amides is 2. The Labute approximate surface area is 244 Å². The van der Waals surface area contributed by atoms with Gasteiger partial charge >= 0.3 is 5.97 Å². The Morgan fingerprint density at radius 2 is 1.83 bits per heavy atom. The molecule has 1 aliphatic heterocycles. The number of benzene rings is 2. The maximum absolute atomic E-state index is 13.6. The van der Waals surface area contributed by atoms with Gasteiger partial charge in [0.25, 0.3) is 11.8 Å². The molecule has 10 heteroatoms. The Morgan fingerprint density at radius 1 is 1.12 bits per heavy atom. The molecule has 2 amide bonds. The zero-order chi connectivity index (χ0) is 29.2. The van der Waals surface area contributed by atoms with Crippen LogP contribution in [0.4, 0.5) is 5.69 Å². The van der Waals surface area contributed by atoms with E-state index < -0.39 is 17.9 Å². The fourth-order valence-electron chi connectivity index (χ4n) is 4.60. The van der Waals surface area contributed by atoms with Gasteiger partial charge < -0.3 is 19.9 Å². The Kier molecular flexibility index (Phi) is 10.2. The largest absolute Gasteiger partial charge is 0.467 e. The van der Waals surface area contributed by atoms with Crippen molar-refractivity contribution in [1.82, 2.24) is 15.1 Å². The highest BCUT2D eigenvalue weighted by molar-refractivity contribution is 7.16. The van der Waals surface area contributed by atoms with Crippen molar-refractivity contribution in [2.75, 3.05) is 27.2 Å². The molecule has 0 spiro atoms. The van der Waals surface area contributed by atoms with Crippen molar-refractivity contribution in [3.05, 3.63) is 87.1 Å². The zero-order valence-corrected chi connectivity index (χ0v) is 24.0.